The van der Waals surface area contributed by atoms with Gasteiger partial charge >= 0.3 is 0 Å². The second-order valence-electron chi connectivity index (χ2n) is 13.3. The summed E-state index contributed by atoms with van der Waals surface area (Å²) in [7, 11) is 0. The van der Waals surface area contributed by atoms with Gasteiger partial charge in [0.1, 0.15) is 0 Å². The largest absolute Gasteiger partial charge is 0.486 e. The van der Waals surface area contributed by atoms with Crippen LogP contribution in [0.3, 0.4) is 0 Å². The van der Waals surface area contributed by atoms with E-state index in [0.717, 1.165) is 57.1 Å². The Hall–Kier alpha value is -4.44. The molecule has 4 heterocycles. The van der Waals surface area contributed by atoms with Crippen LogP contribution in [-0.2, 0) is 25.5 Å². The summed E-state index contributed by atoms with van der Waals surface area (Å²) in [4.78, 5) is 13.9. The molecule has 51 heavy (non-hydrogen) atoms. The third kappa shape index (κ3) is 7.76. The van der Waals surface area contributed by atoms with E-state index in [0.29, 0.717) is 33.8 Å². The number of rotatable bonds is 8. The molecule has 263 valence electrons. The molecule has 0 spiro atoms. The van der Waals surface area contributed by atoms with E-state index in [9.17, 15) is 0 Å². The van der Waals surface area contributed by atoms with Crippen LogP contribution in [0.25, 0.3) is 55.8 Å². The summed E-state index contributed by atoms with van der Waals surface area (Å²) >= 11 is 0. The van der Waals surface area contributed by atoms with Crippen molar-refractivity contribution >= 4 is 22.1 Å². The molecule has 0 N–H and O–H groups in total. The summed E-state index contributed by atoms with van der Waals surface area (Å²) in [6.45, 7) is 11.3. The number of aromatic nitrogens is 3. The molecule has 1 radical (unpaired) electrons. The molecular weight excluding hydrogens is 803 g/mol. The van der Waals surface area contributed by atoms with Gasteiger partial charge in [-0.05, 0) is 83.2 Å². The number of benzene rings is 3. The minimum Gasteiger partial charge on any atom is -0.486 e. The molecule has 0 aliphatic carbocycles. The molecule has 7 aromatic rings. The van der Waals surface area contributed by atoms with Crippen LogP contribution in [0.15, 0.2) is 108 Å². The van der Waals surface area contributed by atoms with E-state index in [1.807, 2.05) is 107 Å². The fourth-order valence-corrected chi connectivity index (χ4v) is 6.39. The van der Waals surface area contributed by atoms with Crippen LogP contribution < -0.4 is 0 Å². The van der Waals surface area contributed by atoms with E-state index in [4.69, 9.17) is 21.2 Å². The number of nitrogens with zero attached hydrogens (tertiary/aromatic N) is 3. The van der Waals surface area contributed by atoms with Gasteiger partial charge in [-0.3, -0.25) is 0 Å². The van der Waals surface area contributed by atoms with Gasteiger partial charge < -0.3 is 14.4 Å². The van der Waals surface area contributed by atoms with Gasteiger partial charge in [-0.1, -0.05) is 101 Å². The van der Waals surface area contributed by atoms with Gasteiger partial charge in [-0.15, -0.1) is 54.1 Å². The Morgan fingerprint density at radius 1 is 0.784 bits per heavy atom. The van der Waals surface area contributed by atoms with Gasteiger partial charge in [0.15, 0.2) is 0 Å². The molecule has 0 fully saturated rings. The first-order valence-electron chi connectivity index (χ1n) is 19.7. The Labute approximate surface area is 324 Å². The van der Waals surface area contributed by atoms with Gasteiger partial charge in [0.25, 0.3) is 0 Å². The van der Waals surface area contributed by atoms with E-state index in [-0.39, 0.29) is 25.5 Å². The third-order valence-corrected chi connectivity index (χ3v) is 9.72. The van der Waals surface area contributed by atoms with E-state index in [1.54, 1.807) is 24.5 Å². The first-order chi connectivity index (χ1) is 26.0. The van der Waals surface area contributed by atoms with Crippen molar-refractivity contribution in [1.29, 1.82) is 0 Å². The zero-order valence-electron chi connectivity index (χ0n) is 35.3. The Kier molecular flexibility index (Phi) is 9.99. The predicted molar refractivity (Wildman–Crippen MR) is 208 cm³/mol. The number of fused-ring (bicyclic) bond motifs is 3. The molecule has 0 bridgehead atoms. The van der Waals surface area contributed by atoms with Crippen molar-refractivity contribution in [3.8, 4) is 33.8 Å². The van der Waals surface area contributed by atoms with Crippen LogP contribution >= 0.6 is 0 Å². The summed E-state index contributed by atoms with van der Waals surface area (Å²) in [6, 6.07) is 35.1. The monoisotopic (exact) mass is 855 g/mol. The van der Waals surface area contributed by atoms with Gasteiger partial charge in [0.05, 0.1) is 11.3 Å². The Morgan fingerprint density at radius 3 is 2.16 bits per heavy atom. The maximum atomic E-state index is 8.81. The van der Waals surface area contributed by atoms with E-state index < -0.39 is 18.6 Å². The molecular formula is C46H47IrN3O-2. The van der Waals surface area contributed by atoms with Crippen molar-refractivity contribution in [2.24, 2.45) is 0 Å². The van der Waals surface area contributed by atoms with E-state index >= 15 is 0 Å². The summed E-state index contributed by atoms with van der Waals surface area (Å²) in [5.41, 5.74) is 7.72. The van der Waals surface area contributed by atoms with Crippen molar-refractivity contribution in [1.82, 2.24) is 15.0 Å². The molecule has 0 saturated carbocycles. The molecule has 0 amide bonds. The normalized spacial score (nSPS) is 13.6. The molecule has 7 rings (SSSR count). The standard InChI is InChI=1S/C35H39N2O.C11H8N.Ir/c1-9-35(8,10-2)29-20-36-31(19-23(29)7)28-16-12-15-26-27-17-18-30(37-34(27)38-33(26)28)32-24(21(3)4)13-11-14-25(32)22(5)6;1-2-6-10(7-3-1)11-8-4-5-9-12-11;/h11-15,17-22H,9-10H2,1-8H3;1-6,8-9H;/q2*-1;/i7D3,21D,22D;;. The van der Waals surface area contributed by atoms with Crippen LogP contribution in [0.4, 0.5) is 0 Å². The summed E-state index contributed by atoms with van der Waals surface area (Å²) < 4.78 is 49.0. The molecule has 5 heteroatoms. The average molecular weight is 855 g/mol. The van der Waals surface area contributed by atoms with Gasteiger partial charge in [-0.25, -0.2) is 4.98 Å². The Balaban J connectivity index is 0.000000391. The third-order valence-electron chi connectivity index (χ3n) is 9.72. The zero-order chi connectivity index (χ0) is 39.8. The number of hydrogen-bond donors (Lipinski definition) is 0. The fraction of sp³-hybridized carbons (Fsp3) is 0.283. The molecule has 0 saturated heterocycles. The van der Waals surface area contributed by atoms with Crippen LogP contribution in [0.1, 0.15) is 102 Å². The quantitative estimate of drug-likeness (QED) is 0.143. The number of pyridine rings is 3. The van der Waals surface area contributed by atoms with Crippen molar-refractivity contribution in [3.05, 3.63) is 138 Å². The fourth-order valence-electron chi connectivity index (χ4n) is 6.39. The Morgan fingerprint density at radius 2 is 1.53 bits per heavy atom. The van der Waals surface area contributed by atoms with Crippen LogP contribution in [0.2, 0.25) is 0 Å². The first kappa shape index (κ1) is 31.3. The Bertz CT molecular complexity index is 2360. The summed E-state index contributed by atoms with van der Waals surface area (Å²) in [5.74, 6) is -1.82. The van der Waals surface area contributed by atoms with Gasteiger partial charge in [0, 0.05) is 50.3 Å². The van der Waals surface area contributed by atoms with E-state index in [2.05, 4.69) is 37.9 Å². The van der Waals surface area contributed by atoms with Crippen molar-refractivity contribution in [2.45, 2.75) is 85.4 Å². The van der Waals surface area contributed by atoms with Crippen molar-refractivity contribution < 1.29 is 31.4 Å². The molecule has 4 nitrogen and oxygen atoms in total. The van der Waals surface area contributed by atoms with Crippen LogP contribution in [-0.4, -0.2) is 15.0 Å². The predicted octanol–water partition coefficient (Wildman–Crippen LogP) is 12.7. The molecule has 3 aromatic carbocycles. The van der Waals surface area contributed by atoms with Gasteiger partial charge in [-0.2, -0.15) is 0 Å². The maximum Gasteiger partial charge on any atom is 0.216 e. The molecule has 0 aliphatic rings. The number of hydrogen-bond acceptors (Lipinski definition) is 4. The zero-order valence-corrected chi connectivity index (χ0v) is 32.7. The molecule has 4 aromatic heterocycles. The second-order valence-corrected chi connectivity index (χ2v) is 13.3. The average Bonchev–Trinajstić information content (AvgIpc) is 3.55. The number of furan rings is 1. The first-order valence-corrected chi connectivity index (χ1v) is 17.2. The SMILES string of the molecule is [2H]C([2H])([2H])c1cc(-c2[c-]ccc3c2oc2nc(-c4c(C([2H])(C)C)cccc4C([2H])(C)C)ccc23)ncc1C(C)(CC)CC.[Ir].[c-]1ccccc1-c1ccccn1. The molecule has 0 atom stereocenters. The van der Waals surface area contributed by atoms with Crippen LogP contribution in [0, 0.1) is 19.0 Å². The smallest absolute Gasteiger partial charge is 0.216 e. The second kappa shape index (κ2) is 16.3. The maximum absolute atomic E-state index is 8.81. The molecule has 0 unspecified atom stereocenters. The van der Waals surface area contributed by atoms with Crippen LogP contribution in [0.5, 0.6) is 0 Å². The summed E-state index contributed by atoms with van der Waals surface area (Å²) in [5, 5.41) is 1.63. The van der Waals surface area contributed by atoms with E-state index in [1.165, 1.54) is 0 Å². The van der Waals surface area contributed by atoms with Gasteiger partial charge in [0.2, 0.25) is 5.71 Å². The van der Waals surface area contributed by atoms with Crippen molar-refractivity contribution in [2.75, 3.05) is 0 Å². The molecule has 0 aliphatic heterocycles. The van der Waals surface area contributed by atoms with Crippen molar-refractivity contribution in [3.63, 3.8) is 0 Å². The minimum absolute atomic E-state index is 0. The minimum atomic E-state index is -2.31. The number of aryl methyl sites for hydroxylation is 1. The topological polar surface area (TPSA) is 51.8 Å². The summed E-state index contributed by atoms with van der Waals surface area (Å²) in [6.07, 6.45) is 5.09.